The maximum absolute atomic E-state index is 11.6. The summed E-state index contributed by atoms with van der Waals surface area (Å²) in [4.78, 5) is 11.6. The minimum atomic E-state index is -0.255. The van der Waals surface area contributed by atoms with Crippen molar-refractivity contribution >= 4 is 33.7 Å². The Morgan fingerprint density at radius 2 is 2.00 bits per heavy atom. The molecule has 0 bridgehead atoms. The maximum Gasteiger partial charge on any atom is 0.259 e. The van der Waals surface area contributed by atoms with Crippen molar-refractivity contribution in [3.8, 4) is 5.75 Å². The molecule has 0 fully saturated rings. The molecule has 0 aliphatic heterocycles. The molecule has 3 N–H and O–H groups in total. The monoisotopic (exact) mass is 347 g/mol. The van der Waals surface area contributed by atoms with Gasteiger partial charge in [0.15, 0.2) is 0 Å². The second-order valence-corrected chi connectivity index (χ2v) is 5.16. The molecule has 0 saturated carbocycles. The highest BCUT2D eigenvalue weighted by Gasteiger charge is 1.99. The van der Waals surface area contributed by atoms with Crippen LogP contribution >= 0.6 is 15.9 Å². The van der Waals surface area contributed by atoms with Gasteiger partial charge in [0, 0.05) is 10.2 Å². The Kier molecular flexibility index (Phi) is 5.34. The zero-order chi connectivity index (χ0) is 15.1. The lowest BCUT2D eigenvalue weighted by atomic mass is 10.2. The van der Waals surface area contributed by atoms with E-state index in [0.29, 0.717) is 5.56 Å². The van der Waals surface area contributed by atoms with Gasteiger partial charge in [-0.1, -0.05) is 28.1 Å². The smallest absolute Gasteiger partial charge is 0.259 e. The van der Waals surface area contributed by atoms with Gasteiger partial charge in [0.25, 0.3) is 5.91 Å². The molecule has 0 saturated heterocycles. The first-order valence-electron chi connectivity index (χ1n) is 6.24. The van der Waals surface area contributed by atoms with Crippen LogP contribution < -0.4 is 10.7 Å². The number of carbonyl (C=O) groups excluding carboxylic acids is 1. The summed E-state index contributed by atoms with van der Waals surface area (Å²) >= 11 is 3.34. The van der Waals surface area contributed by atoms with Gasteiger partial charge in [0.2, 0.25) is 0 Å². The highest BCUT2D eigenvalue weighted by molar-refractivity contribution is 9.10. The van der Waals surface area contributed by atoms with Gasteiger partial charge >= 0.3 is 0 Å². The summed E-state index contributed by atoms with van der Waals surface area (Å²) in [5, 5.41) is 16.1. The topological polar surface area (TPSA) is 73.7 Å². The van der Waals surface area contributed by atoms with Crippen LogP contribution in [0.3, 0.4) is 0 Å². The molecular weight excluding hydrogens is 334 g/mol. The first-order chi connectivity index (χ1) is 10.1. The Balaban J connectivity index is 1.78. The van der Waals surface area contributed by atoms with E-state index in [1.54, 1.807) is 24.3 Å². The van der Waals surface area contributed by atoms with E-state index >= 15 is 0 Å². The normalized spacial score (nSPS) is 10.5. The zero-order valence-corrected chi connectivity index (χ0v) is 12.7. The summed E-state index contributed by atoms with van der Waals surface area (Å²) in [5.74, 6) is -0.100. The molecule has 0 aromatic heterocycles. The van der Waals surface area contributed by atoms with Crippen LogP contribution in [0.4, 0.5) is 5.69 Å². The summed E-state index contributed by atoms with van der Waals surface area (Å²) in [5.41, 5.74) is 3.97. The van der Waals surface area contributed by atoms with E-state index in [1.807, 2.05) is 24.3 Å². The van der Waals surface area contributed by atoms with Crippen LogP contribution in [0, 0.1) is 0 Å². The number of amides is 1. The number of phenolic OH excluding ortho intramolecular Hbond substituents is 1. The van der Waals surface area contributed by atoms with Gasteiger partial charge in [-0.25, -0.2) is 5.43 Å². The molecule has 2 rings (SSSR count). The van der Waals surface area contributed by atoms with Crippen molar-refractivity contribution in [2.45, 2.75) is 0 Å². The van der Waals surface area contributed by atoms with E-state index in [-0.39, 0.29) is 18.2 Å². The predicted molar refractivity (Wildman–Crippen MR) is 86.5 cm³/mol. The van der Waals surface area contributed by atoms with Gasteiger partial charge in [-0.2, -0.15) is 5.10 Å². The lowest BCUT2D eigenvalue weighted by Crippen LogP contribution is -2.25. The highest BCUT2D eigenvalue weighted by atomic mass is 79.9. The van der Waals surface area contributed by atoms with Crippen molar-refractivity contribution in [3.63, 3.8) is 0 Å². The number of hydrogen-bond acceptors (Lipinski definition) is 4. The molecule has 5 nitrogen and oxygen atoms in total. The molecule has 2 aromatic carbocycles. The minimum absolute atomic E-state index is 0.124. The van der Waals surface area contributed by atoms with E-state index < -0.39 is 0 Å². The molecule has 0 heterocycles. The summed E-state index contributed by atoms with van der Waals surface area (Å²) in [6, 6.07) is 14.1. The van der Waals surface area contributed by atoms with Crippen LogP contribution in [-0.2, 0) is 4.79 Å². The van der Waals surface area contributed by atoms with E-state index in [9.17, 15) is 9.90 Å². The number of phenols is 1. The number of carbonyl (C=O) groups is 1. The number of nitrogens with zero attached hydrogens (tertiary/aromatic N) is 1. The maximum atomic E-state index is 11.6. The molecule has 0 aliphatic carbocycles. The molecule has 108 valence electrons. The Bertz CT molecular complexity index is 642. The SMILES string of the molecule is O=C(CNc1ccc(Br)cc1)N/N=C\c1cccc(O)c1. The summed E-state index contributed by atoms with van der Waals surface area (Å²) in [6.45, 7) is 0.124. The van der Waals surface area contributed by atoms with Crippen molar-refractivity contribution in [1.82, 2.24) is 5.43 Å². The van der Waals surface area contributed by atoms with Crippen molar-refractivity contribution in [1.29, 1.82) is 0 Å². The zero-order valence-electron chi connectivity index (χ0n) is 11.1. The van der Waals surface area contributed by atoms with Crippen LogP contribution in [0.15, 0.2) is 58.1 Å². The van der Waals surface area contributed by atoms with E-state index in [2.05, 4.69) is 31.8 Å². The molecule has 0 unspecified atom stereocenters. The summed E-state index contributed by atoms with van der Waals surface area (Å²) in [6.07, 6.45) is 1.47. The summed E-state index contributed by atoms with van der Waals surface area (Å²) in [7, 11) is 0. The fourth-order valence-corrected chi connectivity index (χ4v) is 1.84. The third-order valence-electron chi connectivity index (χ3n) is 2.57. The molecule has 0 atom stereocenters. The molecule has 6 heteroatoms. The number of halogens is 1. The number of nitrogens with one attached hydrogen (secondary N) is 2. The number of hydrazone groups is 1. The second kappa shape index (κ2) is 7.44. The van der Waals surface area contributed by atoms with Gasteiger partial charge in [0.05, 0.1) is 12.8 Å². The fraction of sp³-hybridized carbons (Fsp3) is 0.0667. The van der Waals surface area contributed by atoms with Crippen LogP contribution in [-0.4, -0.2) is 23.8 Å². The standard InChI is InChI=1S/C15H14BrN3O2/c16-12-4-6-13(7-5-12)17-10-15(21)19-18-9-11-2-1-3-14(20)8-11/h1-9,17,20H,10H2,(H,19,21)/b18-9-. The molecule has 1 amide bonds. The van der Waals surface area contributed by atoms with E-state index in [1.165, 1.54) is 6.21 Å². The molecule has 0 radical (unpaired) electrons. The minimum Gasteiger partial charge on any atom is -0.508 e. The van der Waals surface area contributed by atoms with Crippen molar-refractivity contribution < 1.29 is 9.90 Å². The van der Waals surface area contributed by atoms with Gasteiger partial charge in [0.1, 0.15) is 5.75 Å². The predicted octanol–water partition coefficient (Wildman–Crippen LogP) is 2.72. The fourth-order valence-electron chi connectivity index (χ4n) is 1.57. The molecular formula is C15H14BrN3O2. The Labute approximate surface area is 130 Å². The van der Waals surface area contributed by atoms with Crippen LogP contribution in [0.5, 0.6) is 5.75 Å². The number of hydrogen-bond donors (Lipinski definition) is 3. The Morgan fingerprint density at radius 3 is 2.71 bits per heavy atom. The molecule has 0 spiro atoms. The van der Waals surface area contributed by atoms with E-state index in [4.69, 9.17) is 0 Å². The third-order valence-corrected chi connectivity index (χ3v) is 3.10. The lowest BCUT2D eigenvalue weighted by molar-refractivity contribution is -0.119. The Morgan fingerprint density at radius 1 is 1.24 bits per heavy atom. The second-order valence-electron chi connectivity index (χ2n) is 4.25. The molecule has 2 aromatic rings. The third kappa shape index (κ3) is 5.27. The van der Waals surface area contributed by atoms with Crippen molar-refractivity contribution in [2.75, 3.05) is 11.9 Å². The largest absolute Gasteiger partial charge is 0.508 e. The first kappa shape index (κ1) is 15.1. The number of anilines is 1. The Hall–Kier alpha value is -2.34. The quantitative estimate of drug-likeness (QED) is 0.575. The van der Waals surface area contributed by atoms with Crippen LogP contribution in [0.25, 0.3) is 0 Å². The summed E-state index contributed by atoms with van der Waals surface area (Å²) < 4.78 is 0.980. The molecule has 0 aliphatic rings. The lowest BCUT2D eigenvalue weighted by Gasteiger charge is -2.05. The van der Waals surface area contributed by atoms with Gasteiger partial charge in [-0.3, -0.25) is 4.79 Å². The van der Waals surface area contributed by atoms with Gasteiger partial charge in [-0.05, 0) is 42.0 Å². The van der Waals surface area contributed by atoms with Crippen LogP contribution in [0.2, 0.25) is 0 Å². The van der Waals surface area contributed by atoms with E-state index in [0.717, 1.165) is 10.2 Å². The van der Waals surface area contributed by atoms with Gasteiger partial charge < -0.3 is 10.4 Å². The van der Waals surface area contributed by atoms with Crippen molar-refractivity contribution in [3.05, 3.63) is 58.6 Å². The first-order valence-corrected chi connectivity index (χ1v) is 7.03. The number of benzene rings is 2. The average molecular weight is 348 g/mol. The average Bonchev–Trinajstić information content (AvgIpc) is 2.47. The van der Waals surface area contributed by atoms with Crippen molar-refractivity contribution in [2.24, 2.45) is 5.10 Å². The highest BCUT2D eigenvalue weighted by Crippen LogP contribution is 2.13. The molecule has 21 heavy (non-hydrogen) atoms. The number of rotatable bonds is 5. The number of aromatic hydroxyl groups is 1. The van der Waals surface area contributed by atoms with Crippen LogP contribution in [0.1, 0.15) is 5.56 Å². The van der Waals surface area contributed by atoms with Gasteiger partial charge in [-0.15, -0.1) is 0 Å².